The third kappa shape index (κ3) is 4.40. The number of benzene rings is 2. The van der Waals surface area contributed by atoms with E-state index in [4.69, 9.17) is 0 Å². The van der Waals surface area contributed by atoms with Gasteiger partial charge in [0.2, 0.25) is 11.7 Å². The number of rotatable bonds is 6. The standard InChI is InChI=1S/C22H22FN5O3/c1-2-15-6-8-18(9-7-15)24-19(29)14-28-22(31)27-11-10-26(21(30)20(27)25-28)13-16-4-3-5-17(23)12-16/h3-9,12H,2,10-11,13-14H2,1H3,(H,24,29). The van der Waals surface area contributed by atoms with E-state index < -0.39 is 17.5 Å². The largest absolute Gasteiger partial charge is 0.346 e. The number of fused-ring (bicyclic) bond motifs is 1. The third-order valence-corrected chi connectivity index (χ3v) is 5.20. The minimum Gasteiger partial charge on any atom is -0.330 e. The second-order valence-corrected chi connectivity index (χ2v) is 7.37. The Bertz CT molecular complexity index is 1180. The average Bonchev–Trinajstić information content (AvgIpc) is 3.07. The highest BCUT2D eigenvalue weighted by Crippen LogP contribution is 2.14. The lowest BCUT2D eigenvalue weighted by molar-refractivity contribution is -0.117. The van der Waals surface area contributed by atoms with E-state index in [1.165, 1.54) is 21.6 Å². The van der Waals surface area contributed by atoms with Gasteiger partial charge >= 0.3 is 5.69 Å². The molecule has 1 aliphatic rings. The Hall–Kier alpha value is -3.75. The van der Waals surface area contributed by atoms with Crippen LogP contribution in [0.5, 0.6) is 0 Å². The van der Waals surface area contributed by atoms with Crippen LogP contribution in [-0.2, 0) is 30.8 Å². The number of nitrogens with one attached hydrogen (secondary N) is 1. The Balaban J connectivity index is 1.46. The van der Waals surface area contributed by atoms with Gasteiger partial charge in [-0.15, -0.1) is 5.10 Å². The minimum absolute atomic E-state index is 0.0206. The maximum atomic E-state index is 13.4. The zero-order valence-electron chi connectivity index (χ0n) is 17.0. The van der Waals surface area contributed by atoms with Crippen LogP contribution in [0.1, 0.15) is 28.7 Å². The number of nitrogens with zero attached hydrogens (tertiary/aromatic N) is 4. The Morgan fingerprint density at radius 2 is 1.87 bits per heavy atom. The number of hydrogen-bond donors (Lipinski definition) is 1. The maximum absolute atomic E-state index is 13.4. The van der Waals surface area contributed by atoms with Crippen molar-refractivity contribution in [3.63, 3.8) is 0 Å². The van der Waals surface area contributed by atoms with Crippen molar-refractivity contribution in [2.45, 2.75) is 33.0 Å². The van der Waals surface area contributed by atoms with Crippen LogP contribution in [0, 0.1) is 5.82 Å². The number of anilines is 1. The van der Waals surface area contributed by atoms with Crippen LogP contribution in [0.4, 0.5) is 10.1 Å². The molecule has 2 amide bonds. The summed E-state index contributed by atoms with van der Waals surface area (Å²) in [4.78, 5) is 39.3. The quantitative estimate of drug-likeness (QED) is 0.657. The lowest BCUT2D eigenvalue weighted by Crippen LogP contribution is -2.42. The molecule has 1 aromatic heterocycles. The summed E-state index contributed by atoms with van der Waals surface area (Å²) in [7, 11) is 0. The molecule has 0 saturated carbocycles. The topological polar surface area (TPSA) is 89.2 Å². The van der Waals surface area contributed by atoms with Crippen LogP contribution in [0.25, 0.3) is 0 Å². The van der Waals surface area contributed by atoms with Crippen LogP contribution in [0.2, 0.25) is 0 Å². The molecule has 0 aliphatic carbocycles. The van der Waals surface area contributed by atoms with Crippen LogP contribution in [0.15, 0.2) is 53.3 Å². The molecule has 0 bridgehead atoms. The normalized spacial score (nSPS) is 13.2. The molecule has 0 unspecified atom stereocenters. The van der Waals surface area contributed by atoms with Crippen molar-refractivity contribution < 1.29 is 14.0 Å². The van der Waals surface area contributed by atoms with Gasteiger partial charge < -0.3 is 10.2 Å². The van der Waals surface area contributed by atoms with E-state index in [9.17, 15) is 18.8 Å². The Kier molecular flexibility index (Phi) is 5.66. The van der Waals surface area contributed by atoms with Crippen LogP contribution in [-0.4, -0.2) is 37.6 Å². The molecule has 0 saturated heterocycles. The van der Waals surface area contributed by atoms with E-state index in [1.54, 1.807) is 24.3 Å². The molecule has 1 aliphatic heterocycles. The van der Waals surface area contributed by atoms with E-state index >= 15 is 0 Å². The van der Waals surface area contributed by atoms with Gasteiger partial charge in [-0.1, -0.05) is 31.2 Å². The molecule has 2 heterocycles. The van der Waals surface area contributed by atoms with E-state index in [0.717, 1.165) is 16.7 Å². The zero-order valence-corrected chi connectivity index (χ0v) is 17.0. The number of carbonyl (C=O) groups is 2. The van der Waals surface area contributed by atoms with Crippen molar-refractivity contribution in [1.82, 2.24) is 19.2 Å². The summed E-state index contributed by atoms with van der Waals surface area (Å²) in [6.07, 6.45) is 0.897. The highest BCUT2D eigenvalue weighted by Gasteiger charge is 2.30. The Labute approximate surface area is 177 Å². The number of carbonyl (C=O) groups excluding carboxylic acids is 2. The van der Waals surface area contributed by atoms with Crippen LogP contribution in [0.3, 0.4) is 0 Å². The van der Waals surface area contributed by atoms with Gasteiger partial charge in [-0.2, -0.15) is 0 Å². The fraction of sp³-hybridized carbons (Fsp3) is 0.273. The summed E-state index contributed by atoms with van der Waals surface area (Å²) in [6, 6.07) is 13.4. The van der Waals surface area contributed by atoms with Crippen molar-refractivity contribution in [3.05, 3.63) is 81.8 Å². The highest BCUT2D eigenvalue weighted by molar-refractivity contribution is 5.92. The van der Waals surface area contributed by atoms with Gasteiger partial charge in [0.25, 0.3) is 5.91 Å². The first-order chi connectivity index (χ1) is 14.9. The van der Waals surface area contributed by atoms with Crippen molar-refractivity contribution in [2.75, 3.05) is 11.9 Å². The van der Waals surface area contributed by atoms with Gasteiger partial charge in [0.1, 0.15) is 12.4 Å². The predicted octanol–water partition coefficient (Wildman–Crippen LogP) is 2.04. The van der Waals surface area contributed by atoms with Crippen molar-refractivity contribution >= 4 is 17.5 Å². The maximum Gasteiger partial charge on any atom is 0.346 e. The monoisotopic (exact) mass is 423 g/mol. The van der Waals surface area contributed by atoms with E-state index in [2.05, 4.69) is 10.4 Å². The predicted molar refractivity (Wildman–Crippen MR) is 112 cm³/mol. The molecule has 4 rings (SSSR count). The third-order valence-electron chi connectivity index (χ3n) is 5.20. The summed E-state index contributed by atoms with van der Waals surface area (Å²) in [5.41, 5.74) is 1.91. The summed E-state index contributed by atoms with van der Waals surface area (Å²) in [5, 5.41) is 6.82. The van der Waals surface area contributed by atoms with Gasteiger partial charge in [-0.05, 0) is 41.8 Å². The lowest BCUT2D eigenvalue weighted by Gasteiger charge is -2.26. The zero-order chi connectivity index (χ0) is 22.0. The molecule has 0 fully saturated rings. The molecule has 3 aromatic rings. The minimum atomic E-state index is -0.509. The molecule has 9 heteroatoms. The molecule has 2 aromatic carbocycles. The molecular formula is C22H22FN5O3. The van der Waals surface area contributed by atoms with Crippen molar-refractivity contribution in [2.24, 2.45) is 0 Å². The molecule has 8 nitrogen and oxygen atoms in total. The Morgan fingerprint density at radius 1 is 1.10 bits per heavy atom. The molecule has 0 radical (unpaired) electrons. The molecule has 31 heavy (non-hydrogen) atoms. The van der Waals surface area contributed by atoms with E-state index in [0.29, 0.717) is 17.8 Å². The lowest BCUT2D eigenvalue weighted by atomic mass is 10.1. The molecule has 160 valence electrons. The first-order valence-corrected chi connectivity index (χ1v) is 10.0. The number of halogens is 1. The van der Waals surface area contributed by atoms with Gasteiger partial charge in [0.15, 0.2) is 0 Å². The summed E-state index contributed by atoms with van der Waals surface area (Å²) in [5.74, 6) is -1.24. The SMILES string of the molecule is CCc1ccc(NC(=O)Cn2nc3n(c2=O)CCN(Cc2cccc(F)c2)C3=O)cc1. The fourth-order valence-corrected chi connectivity index (χ4v) is 3.53. The number of amides is 2. The van der Waals surface area contributed by atoms with Gasteiger partial charge in [0.05, 0.1) is 0 Å². The summed E-state index contributed by atoms with van der Waals surface area (Å²) >= 11 is 0. The smallest absolute Gasteiger partial charge is 0.330 e. The highest BCUT2D eigenvalue weighted by atomic mass is 19.1. The second-order valence-electron chi connectivity index (χ2n) is 7.37. The number of aryl methyl sites for hydroxylation is 1. The fourth-order valence-electron chi connectivity index (χ4n) is 3.53. The van der Waals surface area contributed by atoms with E-state index in [-0.39, 0.29) is 31.3 Å². The summed E-state index contributed by atoms with van der Waals surface area (Å²) in [6.45, 7) is 2.51. The molecule has 1 N–H and O–H groups in total. The van der Waals surface area contributed by atoms with Gasteiger partial charge in [-0.3, -0.25) is 14.2 Å². The summed E-state index contributed by atoms with van der Waals surface area (Å²) < 4.78 is 15.7. The van der Waals surface area contributed by atoms with E-state index in [1.807, 2.05) is 19.1 Å². The first-order valence-electron chi connectivity index (χ1n) is 10.0. The number of hydrogen-bond acceptors (Lipinski definition) is 4. The Morgan fingerprint density at radius 3 is 2.58 bits per heavy atom. The molecule has 0 spiro atoms. The first kappa shape index (κ1) is 20.5. The van der Waals surface area contributed by atoms with Gasteiger partial charge in [0, 0.05) is 25.3 Å². The second kappa shape index (κ2) is 8.55. The van der Waals surface area contributed by atoms with Gasteiger partial charge in [-0.25, -0.2) is 13.9 Å². The molecular weight excluding hydrogens is 401 g/mol. The molecule has 0 atom stereocenters. The van der Waals surface area contributed by atoms with Crippen LogP contribution < -0.4 is 11.0 Å². The van der Waals surface area contributed by atoms with Crippen molar-refractivity contribution in [1.29, 1.82) is 0 Å². The van der Waals surface area contributed by atoms with Crippen LogP contribution >= 0.6 is 0 Å². The number of aromatic nitrogens is 3. The average molecular weight is 423 g/mol. The van der Waals surface area contributed by atoms with Crippen molar-refractivity contribution in [3.8, 4) is 0 Å².